The van der Waals surface area contributed by atoms with Gasteiger partial charge in [-0.1, -0.05) is 35.3 Å². The van der Waals surface area contributed by atoms with E-state index < -0.39 is 16.5 Å². The van der Waals surface area contributed by atoms with E-state index in [1.807, 2.05) is 26.0 Å². The number of aryl methyl sites for hydroxylation is 1. The molecule has 0 amide bonds. The van der Waals surface area contributed by atoms with Crippen molar-refractivity contribution in [1.82, 2.24) is 9.71 Å². The van der Waals surface area contributed by atoms with Crippen LogP contribution in [0.15, 0.2) is 40.9 Å². The number of hydrogen-bond donors (Lipinski definition) is 3. The van der Waals surface area contributed by atoms with Crippen LogP contribution in [0.5, 0.6) is 0 Å². The minimum absolute atomic E-state index is 0.364. The van der Waals surface area contributed by atoms with E-state index in [2.05, 4.69) is 14.1 Å². The lowest BCUT2D eigenvalue weighted by molar-refractivity contribution is 0.456. The molecule has 0 saturated carbocycles. The Hall–Kier alpha value is -1.15. The minimum atomic E-state index is -3.29. The minimum Gasteiger partial charge on any atom is -0.267 e. The van der Waals surface area contributed by atoms with E-state index in [9.17, 15) is 9.11 Å². The van der Waals surface area contributed by atoms with Gasteiger partial charge in [0, 0.05) is 16.8 Å². The van der Waals surface area contributed by atoms with Crippen molar-refractivity contribution >= 4 is 39.9 Å². The van der Waals surface area contributed by atoms with E-state index in [4.69, 9.17) is 23.2 Å². The highest BCUT2D eigenvalue weighted by Crippen LogP contribution is 2.49. The van der Waals surface area contributed by atoms with Crippen LogP contribution in [0.3, 0.4) is 0 Å². The maximum absolute atomic E-state index is 10.1. The van der Waals surface area contributed by atoms with E-state index in [0.29, 0.717) is 15.9 Å². The Morgan fingerprint density at radius 2 is 1.91 bits per heavy atom. The first-order valence-electron chi connectivity index (χ1n) is 6.77. The van der Waals surface area contributed by atoms with Gasteiger partial charge in [-0.3, -0.25) is 9.11 Å². The first-order chi connectivity index (χ1) is 10.7. The molecule has 1 aliphatic heterocycles. The zero-order chi connectivity index (χ0) is 16.8. The standard InChI is InChI=1S/C15H15Cl2N3O2S/c1-9-7-11(16)4-5-12(9)14-15(2,20-23(21,22)19-14)10-3-6-13(17)18-8-10/h3-8,20-22H,1-2H3. The molecule has 1 aliphatic rings. The molecular formula is C15H15Cl2N3O2S. The maximum atomic E-state index is 10.1. The highest BCUT2D eigenvalue weighted by Gasteiger charge is 2.44. The SMILES string of the molecule is Cc1cc(Cl)ccc1C1=NS(O)(O)NC1(C)c1ccc(Cl)nc1. The summed E-state index contributed by atoms with van der Waals surface area (Å²) in [6.07, 6.45) is 1.59. The van der Waals surface area contributed by atoms with Crippen molar-refractivity contribution in [2.24, 2.45) is 4.40 Å². The Kier molecular flexibility index (Phi) is 4.16. The van der Waals surface area contributed by atoms with E-state index in [1.165, 1.54) is 0 Å². The summed E-state index contributed by atoms with van der Waals surface area (Å²) in [5.41, 5.74) is 2.03. The molecule has 122 valence electrons. The Bertz CT molecular complexity index is 796. The first kappa shape index (κ1) is 16.7. The molecule has 0 spiro atoms. The zero-order valence-corrected chi connectivity index (χ0v) is 14.7. The summed E-state index contributed by atoms with van der Waals surface area (Å²) in [7, 11) is -3.29. The van der Waals surface area contributed by atoms with E-state index >= 15 is 0 Å². The molecule has 3 rings (SSSR count). The van der Waals surface area contributed by atoms with Gasteiger partial charge < -0.3 is 0 Å². The molecule has 1 unspecified atom stereocenters. The van der Waals surface area contributed by atoms with Gasteiger partial charge in [0.05, 0.1) is 5.71 Å². The van der Waals surface area contributed by atoms with Crippen LogP contribution in [-0.2, 0) is 5.54 Å². The Labute approximate surface area is 146 Å². The molecule has 2 heterocycles. The van der Waals surface area contributed by atoms with E-state index in [1.54, 1.807) is 24.4 Å². The molecule has 1 atom stereocenters. The van der Waals surface area contributed by atoms with Gasteiger partial charge in [-0.15, -0.1) is 4.40 Å². The highest BCUT2D eigenvalue weighted by atomic mass is 35.5. The van der Waals surface area contributed by atoms with Crippen LogP contribution in [0.4, 0.5) is 0 Å². The van der Waals surface area contributed by atoms with Crippen molar-refractivity contribution in [3.63, 3.8) is 0 Å². The predicted octanol–water partition coefficient (Wildman–Crippen LogP) is 4.59. The van der Waals surface area contributed by atoms with Crippen molar-refractivity contribution in [3.05, 3.63) is 63.4 Å². The van der Waals surface area contributed by atoms with Gasteiger partial charge in [0.25, 0.3) is 0 Å². The molecule has 3 N–H and O–H groups in total. The third kappa shape index (κ3) is 3.10. The second-order valence-electron chi connectivity index (χ2n) is 5.51. The quantitative estimate of drug-likeness (QED) is 0.674. The van der Waals surface area contributed by atoms with Crippen molar-refractivity contribution in [2.75, 3.05) is 0 Å². The number of rotatable bonds is 2. The smallest absolute Gasteiger partial charge is 0.129 e. The Balaban J connectivity index is 2.16. The molecule has 0 radical (unpaired) electrons. The van der Waals surface area contributed by atoms with Gasteiger partial charge in [0.1, 0.15) is 10.7 Å². The molecule has 1 aromatic heterocycles. The van der Waals surface area contributed by atoms with Crippen LogP contribution < -0.4 is 4.72 Å². The topological polar surface area (TPSA) is 77.7 Å². The van der Waals surface area contributed by atoms with Gasteiger partial charge in [-0.25, -0.2) is 4.98 Å². The Morgan fingerprint density at radius 3 is 2.52 bits per heavy atom. The summed E-state index contributed by atoms with van der Waals surface area (Å²) in [6, 6.07) is 8.81. The molecule has 0 bridgehead atoms. The number of pyridine rings is 1. The lowest BCUT2D eigenvalue weighted by Crippen LogP contribution is -2.42. The summed E-state index contributed by atoms with van der Waals surface area (Å²) in [5.74, 6) is 0. The second kappa shape index (κ2) is 5.73. The molecule has 23 heavy (non-hydrogen) atoms. The normalized spacial score (nSPS) is 24.3. The molecule has 1 aromatic carbocycles. The summed E-state index contributed by atoms with van der Waals surface area (Å²) in [5, 5.41) is 0.974. The fourth-order valence-electron chi connectivity index (χ4n) is 2.64. The maximum Gasteiger partial charge on any atom is 0.129 e. The molecule has 2 aromatic rings. The van der Waals surface area contributed by atoms with Crippen molar-refractivity contribution in [3.8, 4) is 0 Å². The van der Waals surface area contributed by atoms with Crippen LogP contribution in [-0.4, -0.2) is 19.8 Å². The fraction of sp³-hybridized carbons (Fsp3) is 0.200. The van der Waals surface area contributed by atoms with Crippen molar-refractivity contribution < 1.29 is 9.11 Å². The van der Waals surface area contributed by atoms with Crippen LogP contribution in [0.25, 0.3) is 0 Å². The second-order valence-corrected chi connectivity index (χ2v) is 7.76. The molecule has 8 heteroatoms. The van der Waals surface area contributed by atoms with Gasteiger partial charge >= 0.3 is 0 Å². The first-order valence-corrected chi connectivity index (χ1v) is 9.03. The molecule has 0 aliphatic carbocycles. The van der Waals surface area contributed by atoms with Gasteiger partial charge in [-0.2, -0.15) is 4.72 Å². The van der Waals surface area contributed by atoms with E-state index in [-0.39, 0.29) is 0 Å². The molecule has 0 fully saturated rings. The zero-order valence-electron chi connectivity index (χ0n) is 12.4. The number of aromatic nitrogens is 1. The number of hydrogen-bond acceptors (Lipinski definition) is 5. The Morgan fingerprint density at radius 1 is 1.17 bits per heavy atom. The van der Waals surface area contributed by atoms with Gasteiger partial charge in [0.15, 0.2) is 0 Å². The van der Waals surface area contributed by atoms with Crippen LogP contribution in [0.1, 0.15) is 23.6 Å². The monoisotopic (exact) mass is 371 g/mol. The summed E-state index contributed by atoms with van der Waals surface area (Å²) in [6.45, 7) is 3.72. The van der Waals surface area contributed by atoms with Crippen LogP contribution >= 0.6 is 34.2 Å². The summed E-state index contributed by atoms with van der Waals surface area (Å²) in [4.78, 5) is 4.08. The number of nitrogens with one attached hydrogen (secondary N) is 1. The summed E-state index contributed by atoms with van der Waals surface area (Å²) >= 11 is 11.9. The van der Waals surface area contributed by atoms with Crippen molar-refractivity contribution in [2.45, 2.75) is 19.4 Å². The lowest BCUT2D eigenvalue weighted by Gasteiger charge is -2.31. The third-order valence-electron chi connectivity index (χ3n) is 3.78. The van der Waals surface area contributed by atoms with Gasteiger partial charge in [-0.05, 0) is 54.1 Å². The average molecular weight is 372 g/mol. The largest absolute Gasteiger partial charge is 0.267 e. The number of nitrogens with zero attached hydrogens (tertiary/aromatic N) is 2. The average Bonchev–Trinajstić information content (AvgIpc) is 2.70. The summed E-state index contributed by atoms with van der Waals surface area (Å²) < 4.78 is 27.1. The molecule has 5 nitrogen and oxygen atoms in total. The predicted molar refractivity (Wildman–Crippen MR) is 95.3 cm³/mol. The fourth-order valence-corrected chi connectivity index (χ4v) is 4.32. The molecule has 0 saturated heterocycles. The lowest BCUT2D eigenvalue weighted by atomic mass is 9.84. The van der Waals surface area contributed by atoms with E-state index in [0.717, 1.165) is 16.7 Å². The third-order valence-corrected chi connectivity index (χ3v) is 5.36. The number of benzene rings is 1. The number of halogens is 2. The van der Waals surface area contributed by atoms with Crippen LogP contribution in [0.2, 0.25) is 10.2 Å². The van der Waals surface area contributed by atoms with Crippen molar-refractivity contribution in [1.29, 1.82) is 0 Å². The highest BCUT2D eigenvalue weighted by molar-refractivity contribution is 8.21. The molecular weight excluding hydrogens is 357 g/mol. The van der Waals surface area contributed by atoms with Crippen LogP contribution in [0, 0.1) is 6.92 Å². The van der Waals surface area contributed by atoms with Gasteiger partial charge in [0.2, 0.25) is 0 Å².